The van der Waals surface area contributed by atoms with Crippen LogP contribution >= 0.6 is 23.2 Å². The molecule has 12 heteroatoms. The zero-order valence-corrected chi connectivity index (χ0v) is 22.9. The predicted molar refractivity (Wildman–Crippen MR) is 156 cm³/mol. The van der Waals surface area contributed by atoms with Gasteiger partial charge in [-0.25, -0.2) is 14.4 Å². The van der Waals surface area contributed by atoms with Crippen LogP contribution in [0, 0.1) is 10.7 Å². The van der Waals surface area contributed by atoms with Crippen molar-refractivity contribution in [3.05, 3.63) is 133 Å². The third kappa shape index (κ3) is 5.47. The zero-order valence-electron chi connectivity index (χ0n) is 21.4. The van der Waals surface area contributed by atoms with Crippen molar-refractivity contribution < 1.29 is 17.6 Å². The number of hydrogen-bond donors (Lipinski definition) is 2. The highest BCUT2D eigenvalue weighted by Crippen LogP contribution is 2.40. The SMILES string of the molecule is O=NC12C=C3C=CC(=N3)C=c3ccc([nH]3)=CC3=NC(=C(C=CC(c4cc(Cl)c(F)c(Cl)c4)C(F)(F)F)C(=CC1)N2)C=C3. The molecule has 5 heterocycles. The molecular weight excluding hydrogens is 593 g/mol. The summed E-state index contributed by atoms with van der Waals surface area (Å²) in [4.78, 5) is 24.5. The lowest BCUT2D eigenvalue weighted by Crippen LogP contribution is -2.36. The Kier molecular flexibility index (Phi) is 6.98. The van der Waals surface area contributed by atoms with Gasteiger partial charge in [0.2, 0.25) is 0 Å². The smallest absolute Gasteiger partial charge is 0.355 e. The van der Waals surface area contributed by atoms with Crippen LogP contribution in [0.5, 0.6) is 0 Å². The molecule has 1 aromatic heterocycles. The van der Waals surface area contributed by atoms with Crippen molar-refractivity contribution in [2.75, 3.05) is 0 Å². The van der Waals surface area contributed by atoms with Crippen LogP contribution in [0.15, 0.2) is 111 Å². The van der Waals surface area contributed by atoms with Crippen LogP contribution in [0.4, 0.5) is 17.6 Å². The number of alkyl halides is 3. The number of rotatable bonds is 4. The van der Waals surface area contributed by atoms with E-state index in [0.717, 1.165) is 28.9 Å². The van der Waals surface area contributed by atoms with E-state index in [1.807, 2.05) is 18.2 Å². The molecule has 0 amide bonds. The van der Waals surface area contributed by atoms with Crippen LogP contribution in [-0.4, -0.2) is 28.2 Å². The van der Waals surface area contributed by atoms with Crippen molar-refractivity contribution in [1.82, 2.24) is 10.3 Å². The summed E-state index contributed by atoms with van der Waals surface area (Å²) in [7, 11) is 0. The average molecular weight is 612 g/mol. The summed E-state index contributed by atoms with van der Waals surface area (Å²) >= 11 is 11.6. The summed E-state index contributed by atoms with van der Waals surface area (Å²) in [6, 6.07) is 5.54. The minimum absolute atomic E-state index is 0.125. The van der Waals surface area contributed by atoms with Crippen molar-refractivity contribution in [2.45, 2.75) is 24.2 Å². The minimum Gasteiger partial charge on any atom is -0.355 e. The molecule has 212 valence electrons. The van der Waals surface area contributed by atoms with E-state index in [1.54, 1.807) is 42.5 Å². The number of nitrogens with zero attached hydrogens (tertiary/aromatic N) is 3. The van der Waals surface area contributed by atoms with Gasteiger partial charge in [-0.1, -0.05) is 41.4 Å². The van der Waals surface area contributed by atoms with E-state index in [1.165, 1.54) is 6.08 Å². The lowest BCUT2D eigenvalue weighted by Gasteiger charge is -2.21. The fourth-order valence-electron chi connectivity index (χ4n) is 4.95. The maximum atomic E-state index is 14.3. The molecule has 0 saturated carbocycles. The lowest BCUT2D eigenvalue weighted by molar-refractivity contribution is -0.139. The Balaban J connectivity index is 1.49. The van der Waals surface area contributed by atoms with Crippen molar-refractivity contribution in [1.29, 1.82) is 0 Å². The molecule has 6 rings (SSSR count). The van der Waals surface area contributed by atoms with Crippen molar-refractivity contribution >= 4 is 46.8 Å². The number of fused-ring (bicyclic) bond motifs is 6. The molecule has 0 fully saturated rings. The largest absolute Gasteiger partial charge is 0.399 e. The van der Waals surface area contributed by atoms with Gasteiger partial charge in [0.05, 0.1) is 38.8 Å². The van der Waals surface area contributed by atoms with Crippen LogP contribution in [0.1, 0.15) is 17.9 Å². The van der Waals surface area contributed by atoms with E-state index in [4.69, 9.17) is 23.2 Å². The molecule has 4 aliphatic rings. The molecule has 6 nitrogen and oxygen atoms in total. The Hall–Kier alpha value is -4.28. The number of nitrogens with one attached hydrogen (secondary N) is 2. The van der Waals surface area contributed by atoms with E-state index >= 15 is 0 Å². The highest BCUT2D eigenvalue weighted by atomic mass is 35.5. The van der Waals surface area contributed by atoms with Crippen LogP contribution in [0.2, 0.25) is 10.0 Å². The molecule has 0 radical (unpaired) electrons. The van der Waals surface area contributed by atoms with E-state index in [2.05, 4.69) is 25.5 Å². The van der Waals surface area contributed by atoms with Gasteiger partial charge in [0.1, 0.15) is 0 Å². The number of allylic oxidation sites excluding steroid dienone is 6. The van der Waals surface area contributed by atoms with Crippen molar-refractivity contribution in [3.63, 3.8) is 0 Å². The molecule has 42 heavy (non-hydrogen) atoms. The minimum atomic E-state index is -4.76. The van der Waals surface area contributed by atoms with Gasteiger partial charge in [-0.3, -0.25) is 0 Å². The van der Waals surface area contributed by atoms with Gasteiger partial charge in [0.25, 0.3) is 0 Å². The first kappa shape index (κ1) is 27.9. The molecule has 0 spiro atoms. The second-order valence-corrected chi connectivity index (χ2v) is 10.7. The Morgan fingerprint density at radius 1 is 1.00 bits per heavy atom. The number of halogens is 6. The van der Waals surface area contributed by atoms with E-state index in [0.29, 0.717) is 28.5 Å². The van der Waals surface area contributed by atoms with Crippen LogP contribution < -0.4 is 16.0 Å². The number of H-pyrrole nitrogens is 1. The molecule has 8 bridgehead atoms. The second-order valence-electron chi connectivity index (χ2n) is 9.91. The summed E-state index contributed by atoms with van der Waals surface area (Å²) < 4.78 is 56.8. The molecule has 0 aliphatic carbocycles. The number of nitroso groups, excluding NO2 is 1. The second kappa shape index (κ2) is 10.5. The first-order chi connectivity index (χ1) is 20.0. The summed E-state index contributed by atoms with van der Waals surface area (Å²) in [6.45, 7) is 0. The van der Waals surface area contributed by atoms with Crippen LogP contribution in [-0.2, 0) is 0 Å². The third-order valence-corrected chi connectivity index (χ3v) is 7.49. The molecule has 4 aliphatic heterocycles. The summed E-state index contributed by atoms with van der Waals surface area (Å²) in [5.74, 6) is -3.18. The van der Waals surface area contributed by atoms with E-state index in [-0.39, 0.29) is 17.6 Å². The maximum absolute atomic E-state index is 14.3. The quantitative estimate of drug-likeness (QED) is 0.237. The summed E-state index contributed by atoms with van der Waals surface area (Å²) in [6.07, 6.45) is 11.4. The molecule has 0 saturated heterocycles. The highest BCUT2D eigenvalue weighted by Gasteiger charge is 2.40. The maximum Gasteiger partial charge on any atom is 0.399 e. The average Bonchev–Trinajstić information content (AvgIpc) is 3.74. The fourth-order valence-corrected chi connectivity index (χ4v) is 5.45. The molecule has 2 aromatic rings. The Labute approximate surface area is 246 Å². The Morgan fingerprint density at radius 3 is 2.33 bits per heavy atom. The molecule has 2 N–H and O–H groups in total. The van der Waals surface area contributed by atoms with E-state index in [9.17, 15) is 22.5 Å². The number of hydrogen-bond acceptors (Lipinski definition) is 5. The van der Waals surface area contributed by atoms with Gasteiger partial charge in [-0.15, -0.1) is 4.91 Å². The number of aromatic amines is 1. The van der Waals surface area contributed by atoms with Gasteiger partial charge in [0.15, 0.2) is 11.5 Å². The van der Waals surface area contributed by atoms with Gasteiger partial charge in [0, 0.05) is 28.4 Å². The fraction of sp³-hybridized carbons (Fsp3) is 0.133. The lowest BCUT2D eigenvalue weighted by atomic mass is 9.96. The topological polar surface area (TPSA) is 82.0 Å². The van der Waals surface area contributed by atoms with Crippen LogP contribution in [0.3, 0.4) is 0 Å². The number of aromatic nitrogens is 1. The summed E-state index contributed by atoms with van der Waals surface area (Å²) in [5, 5.41) is 6.89. The highest BCUT2D eigenvalue weighted by molar-refractivity contribution is 6.35. The molecule has 1 aromatic carbocycles. The predicted octanol–water partition coefficient (Wildman–Crippen LogP) is 6.44. The third-order valence-electron chi connectivity index (χ3n) is 6.94. The molecular formula is C30H19Cl2F4N5O. The Bertz CT molecular complexity index is 1870. The van der Waals surface area contributed by atoms with Gasteiger partial charge in [-0.2, -0.15) is 13.2 Å². The standard InChI is InChI=1S/C30H19Cl2F4N5O/c31-24-11-16(12-25(32)28(24)33)23(30(34,35)36)7-6-22-26-8-5-20(39-26)14-18-2-1-17(37-18)13-19-3-4-21(38-19)15-29(41-42)10-9-27(22)40-29/h1-9,11-15,23,37,40H,10H2. The first-order valence-corrected chi connectivity index (χ1v) is 13.4. The molecule has 2 unspecified atom stereocenters. The van der Waals surface area contributed by atoms with Gasteiger partial charge < -0.3 is 10.3 Å². The molecule has 2 atom stereocenters. The zero-order chi connectivity index (χ0) is 29.6. The number of benzene rings is 1. The number of aliphatic imine (C=N–C) groups is 2. The van der Waals surface area contributed by atoms with Gasteiger partial charge >= 0.3 is 6.18 Å². The Morgan fingerprint density at radius 2 is 1.67 bits per heavy atom. The van der Waals surface area contributed by atoms with E-state index < -0.39 is 33.6 Å². The normalized spacial score (nSPS) is 21.9. The first-order valence-electron chi connectivity index (χ1n) is 12.6. The van der Waals surface area contributed by atoms with Crippen molar-refractivity contribution in [3.8, 4) is 0 Å². The summed E-state index contributed by atoms with van der Waals surface area (Å²) in [5.41, 5.74) is 0.955. The monoisotopic (exact) mass is 611 g/mol. The van der Waals surface area contributed by atoms with Crippen molar-refractivity contribution in [2.24, 2.45) is 15.2 Å². The van der Waals surface area contributed by atoms with Gasteiger partial charge in [-0.05, 0) is 77.5 Å². The van der Waals surface area contributed by atoms with Crippen LogP contribution in [0.25, 0.3) is 12.2 Å².